The second-order valence-corrected chi connectivity index (χ2v) is 7.47. The lowest BCUT2D eigenvalue weighted by Crippen LogP contribution is -2.67. The first-order valence-electron chi connectivity index (χ1n) is 7.67. The first kappa shape index (κ1) is 13.6. The lowest BCUT2D eigenvalue weighted by molar-refractivity contribution is 0.00541. The number of nitrogens with one attached hydrogen (secondary N) is 1. The molecule has 1 saturated carbocycles. The van der Waals surface area contributed by atoms with Crippen molar-refractivity contribution in [2.75, 3.05) is 13.1 Å². The monoisotopic (exact) mass is 278 g/mol. The zero-order valence-corrected chi connectivity index (χ0v) is 13.1. The van der Waals surface area contributed by atoms with E-state index in [1.54, 1.807) is 0 Å². The van der Waals surface area contributed by atoms with Crippen LogP contribution in [0.3, 0.4) is 0 Å². The number of rotatable bonds is 3. The molecular weight excluding hydrogens is 252 g/mol. The molecule has 1 aromatic heterocycles. The average Bonchev–Trinajstić information content (AvgIpc) is 3.07. The fraction of sp³-hybridized carbons (Fsp3) is 0.750. The molecule has 2 nitrogen and oxygen atoms in total. The molecular formula is C16H26N2S. The summed E-state index contributed by atoms with van der Waals surface area (Å²) in [5, 5.41) is 8.37. The Balaban J connectivity index is 1.81. The van der Waals surface area contributed by atoms with Gasteiger partial charge in [0, 0.05) is 30.7 Å². The van der Waals surface area contributed by atoms with Crippen molar-refractivity contribution in [1.29, 1.82) is 0 Å². The molecule has 0 bridgehead atoms. The summed E-state index contributed by atoms with van der Waals surface area (Å²) in [5.74, 6) is 0. The summed E-state index contributed by atoms with van der Waals surface area (Å²) >= 11 is 1.82. The van der Waals surface area contributed by atoms with Crippen LogP contribution in [-0.2, 0) is 6.54 Å². The van der Waals surface area contributed by atoms with Crippen molar-refractivity contribution in [2.45, 2.75) is 63.6 Å². The van der Waals surface area contributed by atoms with Crippen LogP contribution < -0.4 is 5.32 Å². The van der Waals surface area contributed by atoms with Crippen LogP contribution in [-0.4, -0.2) is 29.1 Å². The van der Waals surface area contributed by atoms with Gasteiger partial charge in [0.05, 0.1) is 0 Å². The van der Waals surface area contributed by atoms with Crippen LogP contribution in [0.15, 0.2) is 16.8 Å². The van der Waals surface area contributed by atoms with Crippen LogP contribution in [0.1, 0.15) is 51.5 Å². The van der Waals surface area contributed by atoms with Gasteiger partial charge in [0.2, 0.25) is 0 Å². The Morgan fingerprint density at radius 3 is 2.79 bits per heavy atom. The lowest BCUT2D eigenvalue weighted by Gasteiger charge is -2.52. The minimum atomic E-state index is 0.295. The van der Waals surface area contributed by atoms with Crippen LogP contribution in [0.4, 0.5) is 0 Å². The molecule has 1 N–H and O–H groups in total. The molecule has 2 aliphatic rings. The van der Waals surface area contributed by atoms with Crippen LogP contribution >= 0.6 is 11.3 Å². The zero-order valence-electron chi connectivity index (χ0n) is 12.2. The zero-order chi connectivity index (χ0) is 13.3. The SMILES string of the molecule is CCC1(C)CN(Cc2ccsc2)C2(CCCC2)CN1. The molecule has 0 radical (unpaired) electrons. The predicted octanol–water partition coefficient (Wildman–Crippen LogP) is 3.63. The van der Waals surface area contributed by atoms with Gasteiger partial charge in [-0.15, -0.1) is 0 Å². The molecule has 1 spiro atoms. The highest BCUT2D eigenvalue weighted by Crippen LogP contribution is 2.39. The Morgan fingerprint density at radius 1 is 1.37 bits per heavy atom. The van der Waals surface area contributed by atoms with Crippen molar-refractivity contribution in [3.8, 4) is 0 Å². The second kappa shape index (κ2) is 5.19. The van der Waals surface area contributed by atoms with Gasteiger partial charge in [-0.3, -0.25) is 4.90 Å². The van der Waals surface area contributed by atoms with Crippen molar-refractivity contribution in [2.24, 2.45) is 0 Å². The van der Waals surface area contributed by atoms with E-state index in [0.717, 1.165) is 6.54 Å². The highest BCUT2D eigenvalue weighted by molar-refractivity contribution is 7.07. The number of piperazine rings is 1. The highest BCUT2D eigenvalue weighted by Gasteiger charge is 2.46. The predicted molar refractivity (Wildman–Crippen MR) is 82.6 cm³/mol. The molecule has 3 heteroatoms. The molecule has 19 heavy (non-hydrogen) atoms. The number of thiophene rings is 1. The molecule has 1 aliphatic heterocycles. The number of hydrogen-bond donors (Lipinski definition) is 1. The van der Waals surface area contributed by atoms with E-state index in [-0.39, 0.29) is 0 Å². The van der Waals surface area contributed by atoms with E-state index in [1.165, 1.54) is 50.8 Å². The Hall–Kier alpha value is -0.380. The number of hydrogen-bond acceptors (Lipinski definition) is 3. The third-order valence-electron chi connectivity index (χ3n) is 5.32. The second-order valence-electron chi connectivity index (χ2n) is 6.69. The normalized spacial score (nSPS) is 31.1. The third-order valence-corrected chi connectivity index (χ3v) is 6.06. The molecule has 1 atom stereocenters. The van der Waals surface area contributed by atoms with E-state index in [1.807, 2.05) is 11.3 Å². The topological polar surface area (TPSA) is 15.3 Å². The summed E-state index contributed by atoms with van der Waals surface area (Å²) in [4.78, 5) is 2.79. The summed E-state index contributed by atoms with van der Waals surface area (Å²) in [6.45, 7) is 8.21. The van der Waals surface area contributed by atoms with Crippen molar-refractivity contribution in [1.82, 2.24) is 10.2 Å². The maximum absolute atomic E-state index is 3.85. The van der Waals surface area contributed by atoms with Gasteiger partial charge in [0.1, 0.15) is 0 Å². The Bertz CT molecular complexity index is 408. The van der Waals surface area contributed by atoms with Crippen molar-refractivity contribution in [3.05, 3.63) is 22.4 Å². The Morgan fingerprint density at radius 2 is 2.16 bits per heavy atom. The summed E-state index contributed by atoms with van der Waals surface area (Å²) in [6, 6.07) is 2.29. The molecule has 0 amide bonds. The van der Waals surface area contributed by atoms with Crippen molar-refractivity contribution in [3.63, 3.8) is 0 Å². The molecule has 106 valence electrons. The average molecular weight is 278 g/mol. The van der Waals surface area contributed by atoms with Crippen LogP contribution in [0.2, 0.25) is 0 Å². The van der Waals surface area contributed by atoms with E-state index >= 15 is 0 Å². The molecule has 3 rings (SSSR count). The van der Waals surface area contributed by atoms with E-state index < -0.39 is 0 Å². The first-order chi connectivity index (χ1) is 9.16. The molecule has 0 aromatic carbocycles. The summed E-state index contributed by atoms with van der Waals surface area (Å²) in [6.07, 6.45) is 6.78. The smallest absolute Gasteiger partial charge is 0.0338 e. The van der Waals surface area contributed by atoms with E-state index in [4.69, 9.17) is 0 Å². The fourth-order valence-electron chi connectivity index (χ4n) is 3.72. The third kappa shape index (κ3) is 2.61. The van der Waals surface area contributed by atoms with E-state index in [2.05, 4.69) is 40.9 Å². The quantitative estimate of drug-likeness (QED) is 0.908. The summed E-state index contributed by atoms with van der Waals surface area (Å²) in [5.41, 5.74) is 2.23. The largest absolute Gasteiger partial charge is 0.308 e. The maximum atomic E-state index is 3.85. The molecule has 1 unspecified atom stereocenters. The van der Waals surface area contributed by atoms with E-state index in [0.29, 0.717) is 11.1 Å². The lowest BCUT2D eigenvalue weighted by atomic mass is 9.84. The van der Waals surface area contributed by atoms with Crippen LogP contribution in [0, 0.1) is 0 Å². The van der Waals surface area contributed by atoms with Gasteiger partial charge >= 0.3 is 0 Å². The van der Waals surface area contributed by atoms with Gasteiger partial charge < -0.3 is 5.32 Å². The molecule has 1 aliphatic carbocycles. The van der Waals surface area contributed by atoms with E-state index in [9.17, 15) is 0 Å². The maximum Gasteiger partial charge on any atom is 0.0338 e. The summed E-state index contributed by atoms with van der Waals surface area (Å²) < 4.78 is 0. The molecule has 1 aromatic rings. The molecule has 2 fully saturated rings. The first-order valence-corrected chi connectivity index (χ1v) is 8.61. The summed E-state index contributed by atoms with van der Waals surface area (Å²) in [7, 11) is 0. The van der Waals surface area contributed by atoms with Gasteiger partial charge in [0.25, 0.3) is 0 Å². The molecule has 1 saturated heterocycles. The molecule has 2 heterocycles. The van der Waals surface area contributed by atoms with Crippen LogP contribution in [0.25, 0.3) is 0 Å². The van der Waals surface area contributed by atoms with Gasteiger partial charge in [-0.2, -0.15) is 11.3 Å². The van der Waals surface area contributed by atoms with Gasteiger partial charge in [-0.05, 0) is 48.6 Å². The fourth-order valence-corrected chi connectivity index (χ4v) is 4.38. The standard InChI is InChI=1S/C16H26N2S/c1-3-15(2)13-18(10-14-6-9-19-11-14)16(12-17-15)7-4-5-8-16/h6,9,11,17H,3-5,7-8,10,12-13H2,1-2H3. The number of nitrogens with zero attached hydrogens (tertiary/aromatic N) is 1. The van der Waals surface area contributed by atoms with Crippen LogP contribution in [0.5, 0.6) is 0 Å². The minimum Gasteiger partial charge on any atom is -0.308 e. The van der Waals surface area contributed by atoms with Crippen molar-refractivity contribution < 1.29 is 0 Å². The van der Waals surface area contributed by atoms with Gasteiger partial charge in [-0.25, -0.2) is 0 Å². The van der Waals surface area contributed by atoms with Crippen molar-refractivity contribution >= 4 is 11.3 Å². The Kier molecular flexibility index (Phi) is 3.71. The van der Waals surface area contributed by atoms with Gasteiger partial charge in [-0.1, -0.05) is 19.8 Å². The Labute approximate surface area is 121 Å². The highest BCUT2D eigenvalue weighted by atomic mass is 32.1. The minimum absolute atomic E-state index is 0.295. The van der Waals surface area contributed by atoms with Gasteiger partial charge in [0.15, 0.2) is 0 Å².